The van der Waals surface area contributed by atoms with Crippen molar-refractivity contribution in [3.63, 3.8) is 0 Å². The van der Waals surface area contributed by atoms with E-state index >= 15 is 0 Å². The third-order valence-electron chi connectivity index (χ3n) is 2.20. The third-order valence-corrected chi connectivity index (χ3v) is 3.06. The zero-order valence-corrected chi connectivity index (χ0v) is 10.8. The van der Waals surface area contributed by atoms with Gasteiger partial charge in [-0.05, 0) is 6.92 Å². The number of aryl methyl sites for hydroxylation is 2. The third kappa shape index (κ3) is 3.43. The Labute approximate surface area is 105 Å². The first-order chi connectivity index (χ1) is 8.07. The topological polar surface area (TPSA) is 72.9 Å². The Morgan fingerprint density at radius 3 is 2.94 bits per heavy atom. The minimum absolute atomic E-state index is 0.202. The maximum absolute atomic E-state index is 11.8. The summed E-state index contributed by atoms with van der Waals surface area (Å²) in [5.41, 5.74) is 7.29. The van der Waals surface area contributed by atoms with Gasteiger partial charge in [-0.15, -0.1) is 18.2 Å². The fourth-order valence-corrected chi connectivity index (χ4v) is 1.90. The number of nitrogens with two attached hydrogens (primary N) is 1. The van der Waals surface area contributed by atoms with Gasteiger partial charge >= 0.3 is 0 Å². The van der Waals surface area contributed by atoms with E-state index < -0.39 is 0 Å². The number of nitrogens with one attached hydrogen (secondary N) is 1. The number of carbonyl (C=O) groups is 1. The molecule has 5 nitrogen and oxygen atoms in total. The van der Waals surface area contributed by atoms with Crippen molar-refractivity contribution < 1.29 is 4.79 Å². The lowest BCUT2D eigenvalue weighted by Crippen LogP contribution is -2.28. The van der Waals surface area contributed by atoms with E-state index in [4.69, 9.17) is 12.2 Å². The van der Waals surface area contributed by atoms with E-state index in [0.717, 1.165) is 5.75 Å². The van der Waals surface area contributed by atoms with Gasteiger partial charge in [-0.3, -0.25) is 9.48 Å². The van der Waals surface area contributed by atoms with Gasteiger partial charge in [0.2, 0.25) is 0 Å². The molecule has 1 rings (SSSR count). The number of hydrogen-bond donors (Lipinski definition) is 2. The Morgan fingerprint density at radius 1 is 1.71 bits per heavy atom. The molecule has 92 valence electrons. The molecule has 17 heavy (non-hydrogen) atoms. The Balaban J connectivity index is 2.50. The van der Waals surface area contributed by atoms with E-state index in [1.54, 1.807) is 25.7 Å². The molecule has 0 unspecified atom stereocenters. The van der Waals surface area contributed by atoms with Crippen LogP contribution in [-0.2, 0) is 7.05 Å². The summed E-state index contributed by atoms with van der Waals surface area (Å²) >= 11 is 1.60. The lowest BCUT2D eigenvalue weighted by atomic mass is 10.3. The molecule has 0 radical (unpaired) electrons. The summed E-state index contributed by atoms with van der Waals surface area (Å²) in [7, 11) is 1.70. The Kier molecular flexibility index (Phi) is 4.91. The van der Waals surface area contributed by atoms with Crippen LogP contribution in [-0.4, -0.2) is 33.7 Å². The smallest absolute Gasteiger partial charge is 0.271 e. The SMILES string of the molecule is C#CCSCCNC(=O)c1c(N)c(C)nn1C. The molecule has 0 aliphatic heterocycles. The average Bonchev–Trinajstić information content (AvgIpc) is 2.53. The van der Waals surface area contributed by atoms with Crippen molar-refractivity contribution >= 4 is 23.4 Å². The molecule has 1 aromatic heterocycles. The first-order valence-corrected chi connectivity index (χ1v) is 6.32. The zero-order valence-electron chi connectivity index (χ0n) is 9.99. The van der Waals surface area contributed by atoms with E-state index in [-0.39, 0.29) is 5.91 Å². The summed E-state index contributed by atoms with van der Waals surface area (Å²) < 4.78 is 1.49. The highest BCUT2D eigenvalue weighted by Crippen LogP contribution is 2.14. The number of nitrogen functional groups attached to an aromatic ring is 1. The molecule has 0 fully saturated rings. The maximum Gasteiger partial charge on any atom is 0.271 e. The zero-order chi connectivity index (χ0) is 12.8. The summed E-state index contributed by atoms with van der Waals surface area (Å²) in [6, 6.07) is 0. The fourth-order valence-electron chi connectivity index (χ4n) is 1.40. The quantitative estimate of drug-likeness (QED) is 0.588. The monoisotopic (exact) mass is 252 g/mol. The van der Waals surface area contributed by atoms with Crippen LogP contribution in [0.1, 0.15) is 16.2 Å². The number of amides is 1. The van der Waals surface area contributed by atoms with Crippen LogP contribution in [0, 0.1) is 19.3 Å². The van der Waals surface area contributed by atoms with Crippen molar-refractivity contribution in [3.05, 3.63) is 11.4 Å². The molecule has 1 amide bonds. The number of thioether (sulfide) groups is 1. The predicted octanol–water partition coefficient (Wildman–Crippen LogP) is 0.407. The van der Waals surface area contributed by atoms with Crippen molar-refractivity contribution in [1.29, 1.82) is 0 Å². The molecule has 3 N–H and O–H groups in total. The van der Waals surface area contributed by atoms with E-state index in [1.807, 2.05) is 0 Å². The van der Waals surface area contributed by atoms with Gasteiger partial charge in [-0.2, -0.15) is 5.10 Å². The van der Waals surface area contributed by atoms with Crippen molar-refractivity contribution in [1.82, 2.24) is 15.1 Å². The first kappa shape index (κ1) is 13.5. The van der Waals surface area contributed by atoms with Crippen LogP contribution in [0.3, 0.4) is 0 Å². The molecular weight excluding hydrogens is 236 g/mol. The molecule has 0 aliphatic carbocycles. The Bertz CT molecular complexity index is 447. The largest absolute Gasteiger partial charge is 0.395 e. The van der Waals surface area contributed by atoms with E-state index in [0.29, 0.717) is 29.4 Å². The van der Waals surface area contributed by atoms with Gasteiger partial charge in [0.25, 0.3) is 5.91 Å². The van der Waals surface area contributed by atoms with E-state index in [9.17, 15) is 4.79 Å². The molecular formula is C11H16N4OS. The molecule has 0 spiro atoms. The minimum atomic E-state index is -0.202. The second-order valence-electron chi connectivity index (χ2n) is 3.48. The van der Waals surface area contributed by atoms with Crippen LogP contribution < -0.4 is 11.1 Å². The summed E-state index contributed by atoms with van der Waals surface area (Å²) in [5, 5.41) is 6.87. The highest BCUT2D eigenvalue weighted by molar-refractivity contribution is 7.99. The van der Waals surface area contributed by atoms with Crippen LogP contribution in [0.2, 0.25) is 0 Å². The van der Waals surface area contributed by atoms with Crippen molar-refractivity contribution in [2.75, 3.05) is 23.8 Å². The molecule has 1 heterocycles. The number of terminal acetylenes is 1. The predicted molar refractivity (Wildman–Crippen MR) is 70.8 cm³/mol. The maximum atomic E-state index is 11.8. The molecule has 1 aromatic rings. The number of hydrogen-bond acceptors (Lipinski definition) is 4. The second-order valence-corrected chi connectivity index (χ2v) is 4.59. The number of rotatable bonds is 5. The van der Waals surface area contributed by atoms with E-state index in [1.165, 1.54) is 4.68 Å². The van der Waals surface area contributed by atoms with Gasteiger partial charge in [0.1, 0.15) is 5.69 Å². The van der Waals surface area contributed by atoms with Crippen molar-refractivity contribution in [2.45, 2.75) is 6.92 Å². The molecule has 0 aliphatic rings. The molecule has 6 heteroatoms. The molecule has 0 aromatic carbocycles. The highest BCUT2D eigenvalue weighted by atomic mass is 32.2. The molecule has 0 bridgehead atoms. The Hall–Kier alpha value is -1.61. The van der Waals surface area contributed by atoms with Gasteiger partial charge in [0, 0.05) is 19.3 Å². The standard InChI is InChI=1S/C11H16N4OS/c1-4-6-17-7-5-13-11(16)10-9(12)8(2)14-15(10)3/h1H,5-7,12H2,2-3H3,(H,13,16). The summed E-state index contributed by atoms with van der Waals surface area (Å²) in [4.78, 5) is 11.8. The average molecular weight is 252 g/mol. The molecule has 0 saturated carbocycles. The van der Waals surface area contributed by atoms with Crippen molar-refractivity contribution in [2.24, 2.45) is 7.05 Å². The van der Waals surface area contributed by atoms with Gasteiger partial charge < -0.3 is 11.1 Å². The van der Waals surface area contributed by atoms with Gasteiger partial charge in [-0.25, -0.2) is 0 Å². The lowest BCUT2D eigenvalue weighted by Gasteiger charge is -2.05. The van der Waals surface area contributed by atoms with Crippen LogP contribution >= 0.6 is 11.8 Å². The number of anilines is 1. The number of nitrogens with zero attached hydrogens (tertiary/aromatic N) is 2. The number of aromatic nitrogens is 2. The minimum Gasteiger partial charge on any atom is -0.395 e. The van der Waals surface area contributed by atoms with Crippen LogP contribution in [0.25, 0.3) is 0 Å². The van der Waals surface area contributed by atoms with Gasteiger partial charge in [0.05, 0.1) is 17.1 Å². The molecule has 0 atom stereocenters. The second kappa shape index (κ2) is 6.21. The lowest BCUT2D eigenvalue weighted by molar-refractivity contribution is 0.0947. The van der Waals surface area contributed by atoms with E-state index in [2.05, 4.69) is 16.3 Å². The first-order valence-electron chi connectivity index (χ1n) is 5.16. The summed E-state index contributed by atoms with van der Waals surface area (Å²) in [6.07, 6.45) is 5.12. The van der Waals surface area contributed by atoms with Gasteiger partial charge in [-0.1, -0.05) is 5.92 Å². The molecule has 0 saturated heterocycles. The van der Waals surface area contributed by atoms with Crippen LogP contribution in [0.15, 0.2) is 0 Å². The number of carbonyl (C=O) groups excluding carboxylic acids is 1. The highest BCUT2D eigenvalue weighted by Gasteiger charge is 2.16. The normalized spacial score (nSPS) is 9.94. The van der Waals surface area contributed by atoms with Crippen LogP contribution in [0.5, 0.6) is 0 Å². The fraction of sp³-hybridized carbons (Fsp3) is 0.455. The van der Waals surface area contributed by atoms with Gasteiger partial charge in [0.15, 0.2) is 0 Å². The Morgan fingerprint density at radius 2 is 2.41 bits per heavy atom. The summed E-state index contributed by atoms with van der Waals surface area (Å²) in [5.74, 6) is 3.76. The van der Waals surface area contributed by atoms with Crippen molar-refractivity contribution in [3.8, 4) is 12.3 Å². The van der Waals surface area contributed by atoms with Crippen LogP contribution in [0.4, 0.5) is 5.69 Å². The summed E-state index contributed by atoms with van der Waals surface area (Å²) in [6.45, 7) is 2.34.